The molecule has 0 atom stereocenters. The molecule has 0 aliphatic rings. The topological polar surface area (TPSA) is 70.0 Å². The Morgan fingerprint density at radius 3 is 2.65 bits per heavy atom. The molecule has 0 fully saturated rings. The number of anilines is 1. The first-order chi connectivity index (χ1) is 9.35. The third kappa shape index (κ3) is 2.82. The van der Waals surface area contributed by atoms with E-state index in [1.165, 1.54) is 11.4 Å². The van der Waals surface area contributed by atoms with Crippen LogP contribution in [0.15, 0.2) is 32.9 Å². The van der Waals surface area contributed by atoms with Gasteiger partial charge in [-0.3, -0.25) is 4.72 Å². The van der Waals surface area contributed by atoms with E-state index in [4.69, 9.17) is 5.26 Å². The largest absolute Gasteiger partial charge is 0.269 e. The van der Waals surface area contributed by atoms with Gasteiger partial charge in [0.15, 0.2) is 0 Å². The smallest absolute Gasteiger partial charge is 0.266 e. The van der Waals surface area contributed by atoms with Gasteiger partial charge < -0.3 is 0 Å². The highest BCUT2D eigenvalue weighted by Crippen LogP contribution is 2.30. The van der Waals surface area contributed by atoms with Crippen LogP contribution in [0.3, 0.4) is 0 Å². The lowest BCUT2D eigenvalue weighted by molar-refractivity contribution is 0.548. The molecule has 0 radical (unpaired) electrons. The van der Waals surface area contributed by atoms with E-state index >= 15 is 0 Å². The zero-order valence-corrected chi connectivity index (χ0v) is 12.7. The molecule has 0 saturated carbocycles. The summed E-state index contributed by atoms with van der Waals surface area (Å²) in [6.07, 6.45) is 0. The van der Waals surface area contributed by atoms with Gasteiger partial charge in [0.05, 0.1) is 5.56 Å². The van der Waals surface area contributed by atoms with Crippen LogP contribution < -0.4 is 4.72 Å². The molecule has 4 nitrogen and oxygen atoms in total. The van der Waals surface area contributed by atoms with Crippen molar-refractivity contribution in [3.63, 3.8) is 0 Å². The summed E-state index contributed by atoms with van der Waals surface area (Å²) in [5, 5.41) is 10.4. The fourth-order valence-corrected chi connectivity index (χ4v) is 4.67. The quantitative estimate of drug-likeness (QED) is 0.888. The number of benzene rings is 1. The molecule has 104 valence electrons. The maximum atomic E-state index is 13.7. The van der Waals surface area contributed by atoms with E-state index in [9.17, 15) is 17.2 Å². The summed E-state index contributed by atoms with van der Waals surface area (Å²) in [5.74, 6) is -2.12. The molecular weight excluding hydrogens is 374 g/mol. The van der Waals surface area contributed by atoms with E-state index < -0.39 is 26.6 Å². The van der Waals surface area contributed by atoms with Crippen molar-refractivity contribution in [2.45, 2.75) is 4.90 Å². The van der Waals surface area contributed by atoms with Crippen LogP contribution in [0.4, 0.5) is 13.8 Å². The van der Waals surface area contributed by atoms with E-state index in [0.717, 1.165) is 17.4 Å². The molecule has 0 amide bonds. The van der Waals surface area contributed by atoms with Gasteiger partial charge in [-0.25, -0.2) is 17.2 Å². The lowest BCUT2D eigenvalue weighted by Crippen LogP contribution is -2.15. The highest BCUT2D eigenvalue weighted by atomic mass is 79.9. The predicted octanol–water partition coefficient (Wildman–Crippen LogP) is 3.46. The molecule has 1 heterocycles. The number of nitriles is 1. The minimum absolute atomic E-state index is 0.0723. The Morgan fingerprint density at radius 2 is 2.05 bits per heavy atom. The number of hydrogen-bond acceptors (Lipinski definition) is 4. The highest BCUT2D eigenvalue weighted by Gasteiger charge is 2.25. The van der Waals surface area contributed by atoms with Crippen LogP contribution in [0.2, 0.25) is 0 Å². The summed E-state index contributed by atoms with van der Waals surface area (Å²) in [4.78, 5) is -0.712. The maximum Gasteiger partial charge on any atom is 0.266 e. The van der Waals surface area contributed by atoms with Gasteiger partial charge in [-0.15, -0.1) is 11.3 Å². The van der Waals surface area contributed by atoms with Gasteiger partial charge in [-0.05, 0) is 33.4 Å². The Morgan fingerprint density at radius 1 is 1.35 bits per heavy atom. The van der Waals surface area contributed by atoms with E-state index in [1.54, 1.807) is 6.07 Å². The first-order valence-electron chi connectivity index (χ1n) is 5.00. The van der Waals surface area contributed by atoms with Crippen molar-refractivity contribution in [1.82, 2.24) is 0 Å². The normalized spacial score (nSPS) is 11.1. The molecule has 0 bridgehead atoms. The molecule has 0 unspecified atom stereocenters. The number of nitrogens with zero attached hydrogens (tertiary/aromatic N) is 1. The molecule has 1 aromatic heterocycles. The van der Waals surface area contributed by atoms with E-state index in [1.807, 2.05) is 0 Å². The number of hydrogen-bond donors (Lipinski definition) is 1. The van der Waals surface area contributed by atoms with Crippen molar-refractivity contribution < 1.29 is 17.2 Å². The fourth-order valence-electron chi connectivity index (χ4n) is 1.44. The molecule has 0 spiro atoms. The number of halogens is 3. The summed E-state index contributed by atoms with van der Waals surface area (Å²) in [6, 6.07) is 4.55. The van der Waals surface area contributed by atoms with Crippen molar-refractivity contribution in [1.29, 1.82) is 5.26 Å². The summed E-state index contributed by atoms with van der Waals surface area (Å²) in [7, 11) is -4.27. The molecule has 2 aromatic rings. The number of sulfonamides is 1. The molecule has 1 N–H and O–H groups in total. The Balaban J connectivity index is 2.50. The van der Waals surface area contributed by atoms with E-state index in [2.05, 4.69) is 20.7 Å². The van der Waals surface area contributed by atoms with Crippen LogP contribution in [0.5, 0.6) is 0 Å². The van der Waals surface area contributed by atoms with Crippen LogP contribution in [-0.4, -0.2) is 8.42 Å². The Labute approximate surface area is 125 Å². The molecule has 9 heteroatoms. The second kappa shape index (κ2) is 5.47. The van der Waals surface area contributed by atoms with Crippen molar-refractivity contribution >= 4 is 42.3 Å². The lowest BCUT2D eigenvalue weighted by atomic mass is 10.3. The Bertz CT molecular complexity index is 789. The molecule has 0 saturated heterocycles. The Kier molecular flexibility index (Phi) is 4.08. The number of rotatable bonds is 3. The van der Waals surface area contributed by atoms with Gasteiger partial charge in [-0.1, -0.05) is 0 Å². The second-order valence-electron chi connectivity index (χ2n) is 3.58. The van der Waals surface area contributed by atoms with Crippen molar-refractivity contribution in [2.24, 2.45) is 0 Å². The van der Waals surface area contributed by atoms with Gasteiger partial charge in [0, 0.05) is 10.5 Å². The number of nitrogens with one attached hydrogen (secondary N) is 1. The van der Waals surface area contributed by atoms with Gasteiger partial charge in [-0.2, -0.15) is 5.26 Å². The zero-order valence-electron chi connectivity index (χ0n) is 9.52. The summed E-state index contributed by atoms with van der Waals surface area (Å²) >= 11 is 3.80. The average molecular weight is 379 g/mol. The molecule has 1 aromatic carbocycles. The fraction of sp³-hybridized carbons (Fsp3) is 0. The standard InChI is InChI=1S/C11H5BrF2N2O2S2/c12-8-3-7(13)4-9(14)10(8)20(17,18)16-11-6(5-15)1-2-19-11/h1-4,16H. The monoisotopic (exact) mass is 378 g/mol. The first kappa shape index (κ1) is 14.9. The molecular formula is C11H5BrF2N2O2S2. The second-order valence-corrected chi connectivity index (χ2v) is 6.97. The van der Waals surface area contributed by atoms with Crippen molar-refractivity contribution in [3.05, 3.63) is 45.2 Å². The molecule has 0 aliphatic heterocycles. The summed E-state index contributed by atoms with van der Waals surface area (Å²) in [6.45, 7) is 0. The zero-order chi connectivity index (χ0) is 14.9. The molecule has 20 heavy (non-hydrogen) atoms. The Hall–Kier alpha value is -1.50. The summed E-state index contributed by atoms with van der Waals surface area (Å²) in [5.41, 5.74) is 0.122. The van der Waals surface area contributed by atoms with Gasteiger partial charge in [0.1, 0.15) is 27.6 Å². The minimum atomic E-state index is -4.27. The van der Waals surface area contributed by atoms with Crippen molar-refractivity contribution in [3.8, 4) is 6.07 Å². The van der Waals surface area contributed by atoms with Gasteiger partial charge in [0.2, 0.25) is 0 Å². The van der Waals surface area contributed by atoms with Crippen LogP contribution in [0, 0.1) is 23.0 Å². The SMILES string of the molecule is N#Cc1ccsc1NS(=O)(=O)c1c(F)cc(F)cc1Br. The minimum Gasteiger partial charge on any atom is -0.269 e. The first-order valence-corrected chi connectivity index (χ1v) is 8.15. The third-order valence-corrected chi connectivity index (χ3v) is 5.52. The number of thiophene rings is 1. The van der Waals surface area contributed by atoms with Crippen molar-refractivity contribution in [2.75, 3.05) is 4.72 Å². The molecule has 0 aliphatic carbocycles. The van der Waals surface area contributed by atoms with Crippen LogP contribution >= 0.6 is 27.3 Å². The average Bonchev–Trinajstić information content (AvgIpc) is 2.73. The lowest BCUT2D eigenvalue weighted by Gasteiger charge is -2.09. The highest BCUT2D eigenvalue weighted by molar-refractivity contribution is 9.10. The third-order valence-electron chi connectivity index (χ3n) is 2.24. The van der Waals surface area contributed by atoms with E-state index in [-0.39, 0.29) is 15.0 Å². The van der Waals surface area contributed by atoms with Gasteiger partial charge >= 0.3 is 0 Å². The molecule has 2 rings (SSSR count). The van der Waals surface area contributed by atoms with E-state index in [0.29, 0.717) is 6.07 Å². The van der Waals surface area contributed by atoms with Crippen LogP contribution in [0.1, 0.15) is 5.56 Å². The maximum absolute atomic E-state index is 13.7. The summed E-state index contributed by atoms with van der Waals surface area (Å²) < 4.78 is 52.7. The van der Waals surface area contributed by atoms with Crippen LogP contribution in [-0.2, 0) is 10.0 Å². The van der Waals surface area contributed by atoms with Crippen LogP contribution in [0.25, 0.3) is 0 Å². The predicted molar refractivity (Wildman–Crippen MR) is 73.9 cm³/mol. The van der Waals surface area contributed by atoms with Gasteiger partial charge in [0.25, 0.3) is 10.0 Å².